The Morgan fingerprint density at radius 3 is 0.957 bits per heavy atom. The molecule has 0 spiro atoms. The second-order valence-corrected chi connectivity index (χ2v) is 18.4. The molecule has 0 amide bonds. The van der Waals surface area contributed by atoms with Crippen molar-refractivity contribution in [2.24, 2.45) is 0 Å². The van der Waals surface area contributed by atoms with Crippen molar-refractivity contribution < 1.29 is 28.6 Å². The van der Waals surface area contributed by atoms with Gasteiger partial charge in [0.25, 0.3) is 0 Å². The highest BCUT2D eigenvalue weighted by Crippen LogP contribution is 2.15. The Balaban J connectivity index is 4.55. The van der Waals surface area contributed by atoms with Crippen molar-refractivity contribution in [1.82, 2.24) is 0 Å². The second kappa shape index (κ2) is 57.4. The summed E-state index contributed by atoms with van der Waals surface area (Å²) in [5.41, 5.74) is 0. The first-order valence-corrected chi connectivity index (χ1v) is 28.5. The lowest BCUT2D eigenvalue weighted by atomic mass is 10.0. The van der Waals surface area contributed by atoms with Crippen molar-refractivity contribution in [1.29, 1.82) is 0 Å². The summed E-state index contributed by atoms with van der Waals surface area (Å²) < 4.78 is 16.8. The minimum atomic E-state index is -0.828. The predicted octanol–water partition coefficient (Wildman–Crippen LogP) is 19.3. The Hall–Kier alpha value is -4.19. The van der Waals surface area contributed by atoms with Gasteiger partial charge in [-0.25, -0.2) is 0 Å². The lowest BCUT2D eigenvalue weighted by Gasteiger charge is -2.18. The van der Waals surface area contributed by atoms with E-state index >= 15 is 0 Å². The highest BCUT2D eigenvalue weighted by molar-refractivity contribution is 5.71. The molecular weight excluding hydrogens is 865 g/mol. The van der Waals surface area contributed by atoms with Gasteiger partial charge in [-0.05, 0) is 96.3 Å². The molecule has 0 aliphatic rings. The van der Waals surface area contributed by atoms with Crippen LogP contribution in [0.1, 0.15) is 245 Å². The van der Waals surface area contributed by atoms with Crippen LogP contribution in [0.25, 0.3) is 0 Å². The van der Waals surface area contributed by atoms with Crippen LogP contribution >= 0.6 is 0 Å². The fraction of sp³-hybridized carbons (Fsp3) is 0.641. The van der Waals surface area contributed by atoms with Crippen molar-refractivity contribution in [3.8, 4) is 0 Å². The molecule has 0 N–H and O–H groups in total. The zero-order chi connectivity index (χ0) is 50.7. The molecule has 6 nitrogen and oxygen atoms in total. The molecule has 6 heteroatoms. The van der Waals surface area contributed by atoms with Crippen LogP contribution in [0.4, 0.5) is 0 Å². The van der Waals surface area contributed by atoms with Crippen LogP contribution in [0.15, 0.2) is 122 Å². The van der Waals surface area contributed by atoms with Crippen LogP contribution in [-0.2, 0) is 28.6 Å². The first kappa shape index (κ1) is 65.8. The van der Waals surface area contributed by atoms with Crippen LogP contribution in [0.3, 0.4) is 0 Å². The summed E-state index contributed by atoms with van der Waals surface area (Å²) in [5, 5.41) is 0. The van der Waals surface area contributed by atoms with Gasteiger partial charge in [0, 0.05) is 19.3 Å². The van der Waals surface area contributed by atoms with E-state index in [1.807, 2.05) is 6.08 Å². The maximum absolute atomic E-state index is 12.9. The number of rotatable bonds is 50. The highest BCUT2D eigenvalue weighted by Gasteiger charge is 2.19. The Morgan fingerprint density at radius 2 is 0.586 bits per heavy atom. The summed E-state index contributed by atoms with van der Waals surface area (Å²) in [4.78, 5) is 38.1. The van der Waals surface area contributed by atoms with Gasteiger partial charge in [0.1, 0.15) is 13.2 Å². The van der Waals surface area contributed by atoms with E-state index in [1.54, 1.807) is 0 Å². The number of carbonyl (C=O) groups is 3. The van der Waals surface area contributed by atoms with Crippen molar-refractivity contribution in [3.63, 3.8) is 0 Å². The molecule has 0 heterocycles. The van der Waals surface area contributed by atoms with E-state index in [0.717, 1.165) is 96.3 Å². The van der Waals surface area contributed by atoms with Crippen LogP contribution in [0, 0.1) is 0 Å². The number of esters is 3. The van der Waals surface area contributed by atoms with Gasteiger partial charge in [0.15, 0.2) is 6.10 Å². The zero-order valence-electron chi connectivity index (χ0n) is 45.2. The van der Waals surface area contributed by atoms with Crippen LogP contribution in [-0.4, -0.2) is 37.2 Å². The number of hydrogen-bond donors (Lipinski definition) is 0. The molecular formula is C64H104O6. The first-order valence-electron chi connectivity index (χ1n) is 28.5. The SMILES string of the molecule is CC/C=C\C/C=C\C/C=C\C/C=C\C/C=C\C/C=C\CCC(=O)OCC(COC(=O)CCCC/C=C\C/C=C\C/C=C\C/C=C\CC)OC(=O)CCCCCCCCCCCCCCCCCCCC. The summed E-state index contributed by atoms with van der Waals surface area (Å²) >= 11 is 0. The summed E-state index contributed by atoms with van der Waals surface area (Å²) in [7, 11) is 0. The minimum Gasteiger partial charge on any atom is -0.462 e. The van der Waals surface area contributed by atoms with E-state index in [1.165, 1.54) is 96.3 Å². The van der Waals surface area contributed by atoms with Crippen LogP contribution in [0.2, 0.25) is 0 Å². The summed E-state index contributed by atoms with van der Waals surface area (Å²) in [6.07, 6.45) is 79.2. The van der Waals surface area contributed by atoms with Gasteiger partial charge in [-0.15, -0.1) is 0 Å². The first-order chi connectivity index (χ1) is 34.5. The summed E-state index contributed by atoms with van der Waals surface area (Å²) in [5.74, 6) is -1.05. The van der Waals surface area contributed by atoms with Gasteiger partial charge in [-0.1, -0.05) is 251 Å². The molecule has 396 valence electrons. The number of allylic oxidation sites excluding steroid dienone is 20. The molecule has 1 atom stereocenters. The number of carbonyl (C=O) groups excluding carboxylic acids is 3. The van der Waals surface area contributed by atoms with Crippen molar-refractivity contribution >= 4 is 17.9 Å². The van der Waals surface area contributed by atoms with Gasteiger partial charge in [0.2, 0.25) is 0 Å². The third-order valence-electron chi connectivity index (χ3n) is 11.7. The van der Waals surface area contributed by atoms with Gasteiger partial charge in [-0.2, -0.15) is 0 Å². The predicted molar refractivity (Wildman–Crippen MR) is 302 cm³/mol. The van der Waals surface area contributed by atoms with Crippen molar-refractivity contribution in [2.75, 3.05) is 13.2 Å². The van der Waals surface area contributed by atoms with E-state index in [4.69, 9.17) is 14.2 Å². The third-order valence-corrected chi connectivity index (χ3v) is 11.7. The molecule has 0 saturated carbocycles. The van der Waals surface area contributed by atoms with Gasteiger partial charge < -0.3 is 14.2 Å². The fourth-order valence-electron chi connectivity index (χ4n) is 7.52. The van der Waals surface area contributed by atoms with E-state index in [9.17, 15) is 14.4 Å². The number of hydrogen-bond acceptors (Lipinski definition) is 6. The maximum atomic E-state index is 12.9. The lowest BCUT2D eigenvalue weighted by molar-refractivity contribution is -0.166. The Bertz CT molecular complexity index is 1490. The third kappa shape index (κ3) is 54.7. The van der Waals surface area contributed by atoms with Crippen LogP contribution < -0.4 is 0 Å². The molecule has 0 fully saturated rings. The maximum Gasteiger partial charge on any atom is 0.306 e. The summed E-state index contributed by atoms with van der Waals surface area (Å²) in [6.45, 7) is 6.32. The molecule has 0 rings (SSSR count). The topological polar surface area (TPSA) is 78.9 Å². The highest BCUT2D eigenvalue weighted by atomic mass is 16.6. The second-order valence-electron chi connectivity index (χ2n) is 18.4. The molecule has 0 aromatic heterocycles. The molecule has 70 heavy (non-hydrogen) atoms. The average molecular weight is 970 g/mol. The Kier molecular flexibility index (Phi) is 54.0. The van der Waals surface area contributed by atoms with Crippen molar-refractivity contribution in [3.05, 3.63) is 122 Å². The molecule has 0 aliphatic carbocycles. The molecule has 0 radical (unpaired) electrons. The van der Waals surface area contributed by atoms with E-state index < -0.39 is 6.10 Å². The normalized spacial score (nSPS) is 13.0. The quantitative estimate of drug-likeness (QED) is 0.0262. The molecule has 0 aromatic carbocycles. The zero-order valence-corrected chi connectivity index (χ0v) is 45.2. The molecule has 0 bridgehead atoms. The van der Waals surface area contributed by atoms with Gasteiger partial charge >= 0.3 is 17.9 Å². The van der Waals surface area contributed by atoms with Crippen LogP contribution in [0.5, 0.6) is 0 Å². The Labute approximate surface area is 431 Å². The number of unbranched alkanes of at least 4 members (excludes halogenated alkanes) is 19. The molecule has 1 unspecified atom stereocenters. The molecule has 0 aliphatic heterocycles. The number of ether oxygens (including phenoxy) is 3. The van der Waals surface area contributed by atoms with E-state index in [2.05, 4.69) is 136 Å². The average Bonchev–Trinajstić information content (AvgIpc) is 3.36. The van der Waals surface area contributed by atoms with Gasteiger partial charge in [-0.3, -0.25) is 14.4 Å². The van der Waals surface area contributed by atoms with E-state index in [0.29, 0.717) is 25.7 Å². The molecule has 0 aromatic rings. The van der Waals surface area contributed by atoms with E-state index in [-0.39, 0.29) is 37.5 Å². The molecule has 0 saturated heterocycles. The monoisotopic (exact) mass is 969 g/mol. The fourth-order valence-corrected chi connectivity index (χ4v) is 7.52. The van der Waals surface area contributed by atoms with Crippen molar-refractivity contribution in [2.45, 2.75) is 252 Å². The largest absolute Gasteiger partial charge is 0.462 e. The standard InChI is InChI=1S/C64H104O6/c1-4-7-10-13-16-19-22-25-28-30-32-34-36-39-42-45-48-51-54-57-63(66)69-60-61(59-68-62(65)56-53-50-47-44-41-38-35-27-24-21-18-15-12-9-6-3)70-64(67)58-55-52-49-46-43-40-37-33-31-29-26-23-20-17-14-11-8-5-2/h7,9-10,12,16,18-19,21,25,27-28,32,34-35,39,41-42,44,48,51,61H,4-6,8,11,13-15,17,20,22-24,26,29-31,33,36-38,40,43,45-47,49-50,52-60H2,1-3H3/b10-7-,12-9-,19-16-,21-18-,28-25-,34-32-,35-27-,42-39-,44-41-,51-48-. The Morgan fingerprint density at radius 1 is 0.300 bits per heavy atom. The smallest absolute Gasteiger partial charge is 0.306 e. The van der Waals surface area contributed by atoms with Gasteiger partial charge in [0.05, 0.1) is 0 Å². The summed E-state index contributed by atoms with van der Waals surface area (Å²) in [6, 6.07) is 0. The minimum absolute atomic E-state index is 0.124. The lowest BCUT2D eigenvalue weighted by Crippen LogP contribution is -2.30.